The molecule has 1 atom stereocenters. The summed E-state index contributed by atoms with van der Waals surface area (Å²) in [5.74, 6) is 0.966. The van der Waals surface area contributed by atoms with Crippen LogP contribution >= 0.6 is 11.6 Å². The topological polar surface area (TPSA) is 41.4 Å². The molecule has 0 aliphatic carbocycles. The van der Waals surface area contributed by atoms with Gasteiger partial charge in [-0.25, -0.2) is 4.98 Å². The average molecular weight is 459 g/mol. The van der Waals surface area contributed by atoms with Gasteiger partial charge in [0.05, 0.1) is 5.52 Å². The summed E-state index contributed by atoms with van der Waals surface area (Å²) in [5, 5.41) is 1.41. The van der Waals surface area contributed by atoms with Crippen LogP contribution in [0.15, 0.2) is 71.8 Å². The van der Waals surface area contributed by atoms with E-state index in [4.69, 9.17) is 16.6 Å². The number of fused-ring (bicyclic) bond motifs is 1. The fourth-order valence-corrected chi connectivity index (χ4v) is 4.74. The molecule has 4 aromatic rings. The zero-order valence-corrected chi connectivity index (χ0v) is 19.9. The van der Waals surface area contributed by atoms with Crippen molar-refractivity contribution >= 4 is 28.3 Å². The van der Waals surface area contributed by atoms with E-state index in [0.717, 1.165) is 47.5 Å². The molecule has 2 aromatic heterocycles. The minimum absolute atomic E-state index is 0.0224. The standard InChI is InChI=1S/C27H27ClN4O/c1-30(2)22-12-13-32(16-22)26-11-7-20(15-29-26)24-17-31(3)25-14-19(6-10-23(25)27(24)33)18-4-8-21(28)9-5-18/h4-11,14-15,17,22H,12-13,16H2,1-3H3. The van der Waals surface area contributed by atoms with Crippen LogP contribution in [0.25, 0.3) is 33.2 Å². The Morgan fingerprint density at radius 1 is 1.00 bits per heavy atom. The third-order valence-corrected chi connectivity index (χ3v) is 6.90. The quantitative estimate of drug-likeness (QED) is 0.428. The largest absolute Gasteiger partial charge is 0.355 e. The molecular formula is C27H27ClN4O. The fraction of sp³-hybridized carbons (Fsp3) is 0.259. The Labute approximate surface area is 198 Å². The minimum atomic E-state index is 0.0224. The second-order valence-corrected chi connectivity index (χ2v) is 9.42. The molecule has 168 valence electrons. The highest BCUT2D eigenvalue weighted by Gasteiger charge is 2.24. The summed E-state index contributed by atoms with van der Waals surface area (Å²) < 4.78 is 2.02. The van der Waals surface area contributed by atoms with E-state index in [2.05, 4.69) is 30.0 Å². The first kappa shape index (κ1) is 21.7. The second-order valence-electron chi connectivity index (χ2n) is 8.98. The fourth-order valence-electron chi connectivity index (χ4n) is 4.61. The van der Waals surface area contributed by atoms with E-state index in [1.54, 1.807) is 0 Å². The van der Waals surface area contributed by atoms with Crippen molar-refractivity contribution in [2.45, 2.75) is 12.5 Å². The molecule has 0 N–H and O–H groups in total. The van der Waals surface area contributed by atoms with E-state index in [-0.39, 0.29) is 5.43 Å². The molecular weight excluding hydrogens is 432 g/mol. The van der Waals surface area contributed by atoms with Gasteiger partial charge in [0.25, 0.3) is 0 Å². The molecule has 0 amide bonds. The molecule has 0 bridgehead atoms. The van der Waals surface area contributed by atoms with Crippen LogP contribution in [0.4, 0.5) is 5.82 Å². The lowest BCUT2D eigenvalue weighted by Crippen LogP contribution is -2.31. The van der Waals surface area contributed by atoms with Crippen molar-refractivity contribution in [1.82, 2.24) is 14.5 Å². The third kappa shape index (κ3) is 4.14. The number of anilines is 1. The van der Waals surface area contributed by atoms with Gasteiger partial charge in [0.15, 0.2) is 5.43 Å². The summed E-state index contributed by atoms with van der Waals surface area (Å²) in [7, 11) is 6.22. The van der Waals surface area contributed by atoms with Gasteiger partial charge < -0.3 is 14.4 Å². The Balaban J connectivity index is 1.47. The molecule has 1 unspecified atom stereocenters. The summed E-state index contributed by atoms with van der Waals surface area (Å²) in [5.41, 5.74) is 4.54. The number of hydrogen-bond donors (Lipinski definition) is 0. The molecule has 3 heterocycles. The van der Waals surface area contributed by atoms with E-state index < -0.39 is 0 Å². The van der Waals surface area contributed by atoms with Gasteiger partial charge in [0, 0.05) is 60.1 Å². The van der Waals surface area contributed by atoms with Crippen LogP contribution in [-0.2, 0) is 7.05 Å². The summed E-state index contributed by atoms with van der Waals surface area (Å²) in [6.45, 7) is 1.98. The van der Waals surface area contributed by atoms with E-state index >= 15 is 0 Å². The van der Waals surface area contributed by atoms with Crippen LogP contribution in [0.5, 0.6) is 0 Å². The van der Waals surface area contributed by atoms with Crippen molar-refractivity contribution in [3.63, 3.8) is 0 Å². The lowest BCUT2D eigenvalue weighted by molar-refractivity contribution is 0.315. The van der Waals surface area contributed by atoms with E-state index in [0.29, 0.717) is 22.0 Å². The van der Waals surface area contributed by atoms with Crippen molar-refractivity contribution in [1.29, 1.82) is 0 Å². The first-order valence-corrected chi connectivity index (χ1v) is 11.6. The minimum Gasteiger partial charge on any atom is -0.355 e. The van der Waals surface area contributed by atoms with Crippen LogP contribution in [0.1, 0.15) is 6.42 Å². The van der Waals surface area contributed by atoms with Gasteiger partial charge in [-0.2, -0.15) is 0 Å². The first-order chi connectivity index (χ1) is 15.9. The lowest BCUT2D eigenvalue weighted by atomic mass is 10.0. The Morgan fingerprint density at radius 2 is 1.73 bits per heavy atom. The molecule has 5 rings (SSSR count). The maximum atomic E-state index is 13.4. The number of aryl methyl sites for hydroxylation is 1. The number of benzene rings is 2. The van der Waals surface area contributed by atoms with Crippen molar-refractivity contribution < 1.29 is 0 Å². The molecule has 0 spiro atoms. The van der Waals surface area contributed by atoms with Gasteiger partial charge in [-0.3, -0.25) is 4.79 Å². The summed E-state index contributed by atoms with van der Waals surface area (Å²) in [6.07, 6.45) is 4.87. The van der Waals surface area contributed by atoms with E-state index in [1.807, 2.05) is 72.5 Å². The molecule has 1 fully saturated rings. The highest BCUT2D eigenvalue weighted by atomic mass is 35.5. The highest BCUT2D eigenvalue weighted by Crippen LogP contribution is 2.27. The molecule has 0 radical (unpaired) electrons. The summed E-state index contributed by atoms with van der Waals surface area (Å²) in [4.78, 5) is 22.6. The second kappa shape index (κ2) is 8.65. The molecule has 2 aromatic carbocycles. The lowest BCUT2D eigenvalue weighted by Gasteiger charge is -2.21. The van der Waals surface area contributed by atoms with Gasteiger partial charge >= 0.3 is 0 Å². The van der Waals surface area contributed by atoms with Crippen LogP contribution in [0.3, 0.4) is 0 Å². The molecule has 6 heteroatoms. The molecule has 33 heavy (non-hydrogen) atoms. The van der Waals surface area contributed by atoms with Gasteiger partial charge in [0.1, 0.15) is 5.82 Å². The maximum absolute atomic E-state index is 13.4. The number of likely N-dealkylation sites (N-methyl/N-ethyl adjacent to an activating group) is 1. The molecule has 1 aliphatic heterocycles. The van der Waals surface area contributed by atoms with Crippen molar-refractivity contribution in [3.8, 4) is 22.3 Å². The average Bonchev–Trinajstić information content (AvgIpc) is 3.33. The van der Waals surface area contributed by atoms with E-state index in [1.165, 1.54) is 0 Å². The van der Waals surface area contributed by atoms with Crippen LogP contribution in [0.2, 0.25) is 5.02 Å². The zero-order valence-electron chi connectivity index (χ0n) is 19.1. The number of pyridine rings is 2. The van der Waals surface area contributed by atoms with Crippen molar-refractivity contribution in [2.24, 2.45) is 7.05 Å². The van der Waals surface area contributed by atoms with Crippen LogP contribution < -0.4 is 10.3 Å². The summed E-state index contributed by atoms with van der Waals surface area (Å²) in [6, 6.07) is 18.3. The molecule has 1 saturated heterocycles. The maximum Gasteiger partial charge on any atom is 0.197 e. The van der Waals surface area contributed by atoms with Crippen molar-refractivity contribution in [3.05, 3.63) is 82.2 Å². The van der Waals surface area contributed by atoms with Crippen LogP contribution in [0, 0.1) is 0 Å². The Hall–Kier alpha value is -3.15. The smallest absolute Gasteiger partial charge is 0.197 e. The number of aromatic nitrogens is 2. The molecule has 0 saturated carbocycles. The zero-order chi connectivity index (χ0) is 23.1. The monoisotopic (exact) mass is 458 g/mol. The van der Waals surface area contributed by atoms with Crippen LogP contribution in [-0.4, -0.2) is 47.7 Å². The normalized spacial score (nSPS) is 16.2. The SMILES string of the molecule is CN(C)C1CCN(c2ccc(-c3cn(C)c4cc(-c5ccc(Cl)cc5)ccc4c3=O)cn2)C1. The predicted molar refractivity (Wildman–Crippen MR) is 137 cm³/mol. The Bertz CT molecular complexity index is 1360. The Kier molecular flexibility index (Phi) is 5.69. The highest BCUT2D eigenvalue weighted by molar-refractivity contribution is 6.30. The third-order valence-electron chi connectivity index (χ3n) is 6.64. The van der Waals surface area contributed by atoms with Gasteiger partial charge in [-0.1, -0.05) is 29.8 Å². The van der Waals surface area contributed by atoms with Gasteiger partial charge in [-0.05, 0) is 68.0 Å². The number of rotatable bonds is 4. The molecule has 1 aliphatic rings. The summed E-state index contributed by atoms with van der Waals surface area (Å²) >= 11 is 6.03. The Morgan fingerprint density at radius 3 is 2.39 bits per heavy atom. The first-order valence-electron chi connectivity index (χ1n) is 11.2. The predicted octanol–water partition coefficient (Wildman–Crippen LogP) is 5.06. The number of halogens is 1. The van der Waals surface area contributed by atoms with Gasteiger partial charge in [0.2, 0.25) is 0 Å². The van der Waals surface area contributed by atoms with E-state index in [9.17, 15) is 4.79 Å². The van der Waals surface area contributed by atoms with Gasteiger partial charge in [-0.15, -0.1) is 0 Å². The number of nitrogens with zero attached hydrogens (tertiary/aromatic N) is 4. The van der Waals surface area contributed by atoms with Crippen molar-refractivity contribution in [2.75, 3.05) is 32.1 Å². The number of hydrogen-bond acceptors (Lipinski definition) is 4. The molecule has 5 nitrogen and oxygen atoms in total.